The molecule has 2 N–H and O–H groups in total. The van der Waals surface area contributed by atoms with Crippen LogP contribution in [0.3, 0.4) is 0 Å². The predicted molar refractivity (Wildman–Crippen MR) is 145 cm³/mol. The van der Waals surface area contributed by atoms with Gasteiger partial charge in [-0.1, -0.05) is 25.6 Å². The zero-order chi connectivity index (χ0) is 27.7. The number of amides is 2. The first-order chi connectivity index (χ1) is 18.3. The summed E-state index contributed by atoms with van der Waals surface area (Å²) in [6.07, 6.45) is 0. The SMILES string of the molecule is CCOC(=O)c1ccc(NC(=O)CSc2nnc([C@@H](NC(=O)c3ccc(OC)cc3)C(C)C)n2CC)cc1. The Morgan fingerprint density at radius 1 is 0.974 bits per heavy atom. The lowest BCUT2D eigenvalue weighted by atomic mass is 10.0. The third kappa shape index (κ3) is 7.34. The van der Waals surface area contributed by atoms with Crippen molar-refractivity contribution < 1.29 is 23.9 Å². The van der Waals surface area contributed by atoms with Crippen molar-refractivity contribution in [2.24, 2.45) is 5.92 Å². The Hall–Kier alpha value is -3.86. The average molecular weight is 540 g/mol. The van der Waals surface area contributed by atoms with Crippen LogP contribution in [0.15, 0.2) is 53.7 Å². The van der Waals surface area contributed by atoms with Crippen LogP contribution in [0.5, 0.6) is 5.75 Å². The third-order valence-corrected chi connectivity index (χ3v) is 6.62. The summed E-state index contributed by atoms with van der Waals surface area (Å²) in [4.78, 5) is 37.3. The van der Waals surface area contributed by atoms with Gasteiger partial charge >= 0.3 is 5.97 Å². The molecular formula is C27H33N5O5S. The Balaban J connectivity index is 1.65. The van der Waals surface area contributed by atoms with Crippen LogP contribution >= 0.6 is 11.8 Å². The monoisotopic (exact) mass is 539 g/mol. The molecule has 0 bridgehead atoms. The number of esters is 1. The highest BCUT2D eigenvalue weighted by Gasteiger charge is 2.26. The summed E-state index contributed by atoms with van der Waals surface area (Å²) in [6, 6.07) is 13.0. The van der Waals surface area contributed by atoms with Gasteiger partial charge in [-0.15, -0.1) is 10.2 Å². The number of anilines is 1. The first-order valence-corrected chi connectivity index (χ1v) is 13.3. The molecule has 0 unspecified atom stereocenters. The number of nitrogens with zero attached hydrogens (tertiary/aromatic N) is 3. The molecule has 3 aromatic rings. The van der Waals surface area contributed by atoms with E-state index in [1.54, 1.807) is 62.6 Å². The Morgan fingerprint density at radius 3 is 2.21 bits per heavy atom. The highest BCUT2D eigenvalue weighted by atomic mass is 32.2. The molecule has 0 saturated carbocycles. The van der Waals surface area contributed by atoms with Gasteiger partial charge in [0.1, 0.15) is 5.75 Å². The lowest BCUT2D eigenvalue weighted by Crippen LogP contribution is -2.33. The quantitative estimate of drug-likeness (QED) is 0.257. The standard InChI is InChI=1S/C27H33N5O5S/c1-6-32-24(23(17(3)4)29-25(34)18-10-14-21(36-5)15-11-18)30-31-27(32)38-16-22(33)28-20-12-8-19(9-13-20)26(35)37-7-2/h8-15,17,23H,6-7,16H2,1-5H3,(H,28,33)(H,29,34)/t23-/m0/s1. The fraction of sp³-hybridized carbons (Fsp3) is 0.370. The highest BCUT2D eigenvalue weighted by molar-refractivity contribution is 7.99. The van der Waals surface area contributed by atoms with E-state index in [1.807, 2.05) is 25.3 Å². The number of hydrogen-bond donors (Lipinski definition) is 2. The Kier molecular flexibility index (Phi) is 10.3. The summed E-state index contributed by atoms with van der Waals surface area (Å²) in [6.45, 7) is 8.58. The Bertz CT molecular complexity index is 1240. The minimum absolute atomic E-state index is 0.0467. The molecule has 1 atom stereocenters. The van der Waals surface area contributed by atoms with E-state index in [1.165, 1.54) is 11.8 Å². The molecule has 3 rings (SSSR count). The summed E-state index contributed by atoms with van der Waals surface area (Å²) < 4.78 is 12.0. The van der Waals surface area contributed by atoms with E-state index in [0.29, 0.717) is 46.7 Å². The van der Waals surface area contributed by atoms with Crippen molar-refractivity contribution in [1.29, 1.82) is 0 Å². The van der Waals surface area contributed by atoms with Gasteiger partial charge in [0, 0.05) is 17.8 Å². The van der Waals surface area contributed by atoms with E-state index in [2.05, 4.69) is 20.8 Å². The van der Waals surface area contributed by atoms with Crippen molar-refractivity contribution >= 4 is 35.2 Å². The lowest BCUT2D eigenvalue weighted by molar-refractivity contribution is -0.113. The molecule has 2 amide bonds. The van der Waals surface area contributed by atoms with Crippen LogP contribution in [-0.2, 0) is 16.1 Å². The van der Waals surface area contributed by atoms with Crippen LogP contribution in [0.25, 0.3) is 0 Å². The summed E-state index contributed by atoms with van der Waals surface area (Å²) in [5, 5.41) is 15.1. The smallest absolute Gasteiger partial charge is 0.338 e. The van der Waals surface area contributed by atoms with E-state index in [0.717, 1.165) is 0 Å². The Morgan fingerprint density at radius 2 is 1.63 bits per heavy atom. The first kappa shape index (κ1) is 28.7. The lowest BCUT2D eigenvalue weighted by Gasteiger charge is -2.22. The van der Waals surface area contributed by atoms with E-state index in [-0.39, 0.29) is 29.5 Å². The molecule has 0 aliphatic heterocycles. The molecule has 202 valence electrons. The van der Waals surface area contributed by atoms with Gasteiger partial charge in [-0.25, -0.2) is 4.79 Å². The first-order valence-electron chi connectivity index (χ1n) is 12.3. The molecule has 1 heterocycles. The summed E-state index contributed by atoms with van der Waals surface area (Å²) in [7, 11) is 1.57. The molecule has 1 aromatic heterocycles. The second-order valence-corrected chi connectivity index (χ2v) is 9.59. The number of thioether (sulfide) groups is 1. The van der Waals surface area contributed by atoms with E-state index in [9.17, 15) is 14.4 Å². The van der Waals surface area contributed by atoms with Gasteiger partial charge in [0.05, 0.1) is 31.1 Å². The second kappa shape index (κ2) is 13.6. The number of ether oxygens (including phenoxy) is 2. The van der Waals surface area contributed by atoms with E-state index >= 15 is 0 Å². The fourth-order valence-electron chi connectivity index (χ4n) is 3.66. The van der Waals surface area contributed by atoms with Gasteiger partial charge in [0.15, 0.2) is 11.0 Å². The van der Waals surface area contributed by atoms with Crippen molar-refractivity contribution in [3.63, 3.8) is 0 Å². The van der Waals surface area contributed by atoms with Crippen LogP contribution in [0.1, 0.15) is 60.3 Å². The van der Waals surface area contributed by atoms with Gasteiger partial charge in [0.2, 0.25) is 5.91 Å². The summed E-state index contributed by atoms with van der Waals surface area (Å²) >= 11 is 1.26. The second-order valence-electron chi connectivity index (χ2n) is 8.64. The predicted octanol–water partition coefficient (Wildman–Crippen LogP) is 4.34. The fourth-order valence-corrected chi connectivity index (χ4v) is 4.47. The van der Waals surface area contributed by atoms with Crippen molar-refractivity contribution in [2.45, 2.75) is 45.4 Å². The number of rotatable bonds is 12. The van der Waals surface area contributed by atoms with Crippen molar-refractivity contribution in [3.8, 4) is 5.75 Å². The topological polar surface area (TPSA) is 124 Å². The van der Waals surface area contributed by atoms with Gasteiger partial charge in [-0.3, -0.25) is 9.59 Å². The third-order valence-electron chi connectivity index (χ3n) is 5.66. The van der Waals surface area contributed by atoms with Crippen LogP contribution in [0.4, 0.5) is 5.69 Å². The molecule has 0 aliphatic carbocycles. The maximum Gasteiger partial charge on any atom is 0.338 e. The number of benzene rings is 2. The number of nitrogens with one attached hydrogen (secondary N) is 2. The van der Waals surface area contributed by atoms with Crippen LogP contribution in [-0.4, -0.2) is 52.0 Å². The Labute approximate surface area is 226 Å². The normalized spacial score (nSPS) is 11.6. The van der Waals surface area contributed by atoms with E-state index in [4.69, 9.17) is 9.47 Å². The molecule has 11 heteroatoms. The largest absolute Gasteiger partial charge is 0.497 e. The number of hydrogen-bond acceptors (Lipinski definition) is 8. The zero-order valence-electron chi connectivity index (χ0n) is 22.2. The maximum absolute atomic E-state index is 12.9. The van der Waals surface area contributed by atoms with Crippen LogP contribution < -0.4 is 15.4 Å². The minimum atomic E-state index is -0.407. The van der Waals surface area contributed by atoms with Gasteiger partial charge in [0.25, 0.3) is 5.91 Å². The zero-order valence-corrected chi connectivity index (χ0v) is 23.0. The molecule has 0 saturated heterocycles. The van der Waals surface area contributed by atoms with E-state index < -0.39 is 5.97 Å². The molecule has 10 nitrogen and oxygen atoms in total. The molecule has 0 radical (unpaired) electrons. The van der Waals surface area contributed by atoms with Crippen molar-refractivity contribution in [2.75, 3.05) is 24.8 Å². The number of carbonyl (C=O) groups excluding carboxylic acids is 3. The van der Waals surface area contributed by atoms with Gasteiger partial charge < -0.3 is 24.7 Å². The number of carbonyl (C=O) groups is 3. The molecule has 0 spiro atoms. The van der Waals surface area contributed by atoms with Crippen molar-refractivity contribution in [3.05, 3.63) is 65.5 Å². The van der Waals surface area contributed by atoms with Gasteiger partial charge in [-0.05, 0) is 68.3 Å². The van der Waals surface area contributed by atoms with Crippen LogP contribution in [0.2, 0.25) is 0 Å². The molecular weight excluding hydrogens is 506 g/mol. The number of methoxy groups -OCH3 is 1. The summed E-state index contributed by atoms with van der Waals surface area (Å²) in [5.74, 6) is 0.608. The molecule has 38 heavy (non-hydrogen) atoms. The maximum atomic E-state index is 12.9. The number of aromatic nitrogens is 3. The summed E-state index contributed by atoms with van der Waals surface area (Å²) in [5.41, 5.74) is 1.50. The average Bonchev–Trinajstić information content (AvgIpc) is 3.33. The van der Waals surface area contributed by atoms with Gasteiger partial charge in [-0.2, -0.15) is 0 Å². The molecule has 0 fully saturated rings. The highest BCUT2D eigenvalue weighted by Crippen LogP contribution is 2.26. The minimum Gasteiger partial charge on any atom is -0.497 e. The molecule has 0 aliphatic rings. The van der Waals surface area contributed by atoms with Crippen molar-refractivity contribution in [1.82, 2.24) is 20.1 Å². The van der Waals surface area contributed by atoms with Crippen LogP contribution in [0, 0.1) is 5.92 Å². The molecule has 2 aromatic carbocycles.